The van der Waals surface area contributed by atoms with E-state index in [1.807, 2.05) is 0 Å². The van der Waals surface area contributed by atoms with Gasteiger partial charge in [0.1, 0.15) is 12.6 Å². The Bertz CT molecular complexity index is 250. The summed E-state index contributed by atoms with van der Waals surface area (Å²) in [6.07, 6.45) is -0.355. The molecule has 4 heteroatoms. The van der Waals surface area contributed by atoms with Crippen LogP contribution in [0.5, 0.6) is 0 Å². The first kappa shape index (κ1) is 13.6. The number of rotatable bonds is 5. The van der Waals surface area contributed by atoms with E-state index in [-0.39, 0.29) is 18.7 Å². The van der Waals surface area contributed by atoms with Crippen molar-refractivity contribution in [2.24, 2.45) is 5.92 Å². The molecule has 1 heterocycles. The maximum absolute atomic E-state index is 12.6. The molecular formula is C12H24FN2O+. The van der Waals surface area contributed by atoms with E-state index in [1.54, 1.807) is 0 Å². The van der Waals surface area contributed by atoms with E-state index >= 15 is 0 Å². The molecule has 0 aromatic heterocycles. The molecule has 0 amide bonds. The summed E-state index contributed by atoms with van der Waals surface area (Å²) < 4.78 is 13.3. The highest BCUT2D eigenvalue weighted by Gasteiger charge is 2.28. The Labute approximate surface area is 97.7 Å². The Kier molecular flexibility index (Phi) is 4.47. The second kappa shape index (κ2) is 5.25. The number of quaternary nitrogens is 1. The molecule has 1 N–H and O–H groups in total. The van der Waals surface area contributed by atoms with Crippen molar-refractivity contribution in [3.05, 3.63) is 12.2 Å². The third-order valence-electron chi connectivity index (χ3n) is 2.90. The number of likely N-dealkylation sites (tertiary alicyclic amines) is 1. The van der Waals surface area contributed by atoms with Crippen LogP contribution in [0.25, 0.3) is 0 Å². The summed E-state index contributed by atoms with van der Waals surface area (Å²) in [5, 5.41) is 9.91. The molecule has 94 valence electrons. The topological polar surface area (TPSA) is 23.5 Å². The Balaban J connectivity index is 2.36. The summed E-state index contributed by atoms with van der Waals surface area (Å²) in [5.41, 5.74) is 0.958. The predicted molar refractivity (Wildman–Crippen MR) is 64.0 cm³/mol. The lowest BCUT2D eigenvalue weighted by Crippen LogP contribution is -2.45. The van der Waals surface area contributed by atoms with Crippen LogP contribution in [0.2, 0.25) is 0 Å². The van der Waals surface area contributed by atoms with Crippen LogP contribution in [0, 0.1) is 5.92 Å². The lowest BCUT2D eigenvalue weighted by atomic mass is 10.1. The number of nitrogens with zero attached hydrogens (tertiary/aromatic N) is 2. The van der Waals surface area contributed by atoms with E-state index in [1.165, 1.54) is 0 Å². The van der Waals surface area contributed by atoms with E-state index in [0.717, 1.165) is 16.6 Å². The summed E-state index contributed by atoms with van der Waals surface area (Å²) in [6.45, 7) is 6.29. The minimum absolute atomic E-state index is 0.0312. The number of aliphatic hydroxyl groups is 1. The number of β-amino-alcohol motifs (C(OH)–C–C–N with tert-alkyl or cyclic N) is 1. The summed E-state index contributed by atoms with van der Waals surface area (Å²) in [7, 11) is 6.16. The van der Waals surface area contributed by atoms with Gasteiger partial charge in [0.05, 0.1) is 27.8 Å². The zero-order valence-electron chi connectivity index (χ0n) is 10.6. The minimum Gasteiger partial charge on any atom is -0.386 e. The second-order valence-corrected chi connectivity index (χ2v) is 5.83. The molecule has 16 heavy (non-hydrogen) atoms. The lowest BCUT2D eigenvalue weighted by Gasteiger charge is -2.28. The highest BCUT2D eigenvalue weighted by atomic mass is 19.1. The average Bonchev–Trinajstić information content (AvgIpc) is 2.42. The average molecular weight is 231 g/mol. The summed E-state index contributed by atoms with van der Waals surface area (Å²) in [5.74, 6) is -0.0312. The quantitative estimate of drug-likeness (QED) is 0.550. The van der Waals surface area contributed by atoms with Crippen molar-refractivity contribution in [3.8, 4) is 0 Å². The third kappa shape index (κ3) is 4.20. The van der Waals surface area contributed by atoms with Gasteiger partial charge in [-0.05, 0) is 0 Å². The van der Waals surface area contributed by atoms with Gasteiger partial charge in [0.25, 0.3) is 0 Å². The van der Waals surface area contributed by atoms with Gasteiger partial charge in [-0.25, -0.2) is 0 Å². The van der Waals surface area contributed by atoms with Gasteiger partial charge in [-0.15, -0.1) is 0 Å². The Morgan fingerprint density at radius 3 is 2.62 bits per heavy atom. The molecule has 0 saturated carbocycles. The number of aliphatic hydroxyl groups excluding tert-OH is 1. The third-order valence-corrected chi connectivity index (χ3v) is 2.90. The number of halogens is 1. The molecule has 1 aliphatic rings. The number of hydrogen-bond acceptors (Lipinski definition) is 2. The van der Waals surface area contributed by atoms with E-state index in [2.05, 4.69) is 32.6 Å². The van der Waals surface area contributed by atoms with E-state index in [9.17, 15) is 9.50 Å². The first-order chi connectivity index (χ1) is 7.31. The predicted octanol–water partition coefficient (Wildman–Crippen LogP) is 0.511. The van der Waals surface area contributed by atoms with Gasteiger partial charge >= 0.3 is 0 Å². The molecule has 1 saturated heterocycles. The molecule has 0 aliphatic carbocycles. The molecule has 0 radical (unpaired) electrons. The molecular weight excluding hydrogens is 207 g/mol. The van der Waals surface area contributed by atoms with Gasteiger partial charge in [-0.3, -0.25) is 9.29 Å². The molecule has 2 unspecified atom stereocenters. The Morgan fingerprint density at radius 1 is 1.56 bits per heavy atom. The van der Waals surface area contributed by atoms with Crippen LogP contribution in [0.1, 0.15) is 0 Å². The highest BCUT2D eigenvalue weighted by Crippen LogP contribution is 2.21. The van der Waals surface area contributed by atoms with Gasteiger partial charge in [0.15, 0.2) is 0 Å². The van der Waals surface area contributed by atoms with Crippen LogP contribution >= 0.6 is 0 Å². The molecule has 1 aliphatic heterocycles. The zero-order chi connectivity index (χ0) is 12.3. The molecule has 0 aromatic rings. The van der Waals surface area contributed by atoms with E-state index in [4.69, 9.17) is 0 Å². The largest absolute Gasteiger partial charge is 0.386 e. The van der Waals surface area contributed by atoms with Gasteiger partial charge in [0.2, 0.25) is 0 Å². The Hall–Kier alpha value is -0.450. The normalized spacial score (nSPS) is 25.1. The fourth-order valence-corrected chi connectivity index (χ4v) is 2.21. The molecule has 3 nitrogen and oxygen atoms in total. The van der Waals surface area contributed by atoms with E-state index in [0.29, 0.717) is 19.6 Å². The van der Waals surface area contributed by atoms with Crippen LogP contribution < -0.4 is 0 Å². The zero-order valence-corrected chi connectivity index (χ0v) is 10.6. The van der Waals surface area contributed by atoms with Crippen LogP contribution in [0.15, 0.2) is 12.2 Å². The maximum Gasteiger partial charge on any atom is 0.115 e. The van der Waals surface area contributed by atoms with Gasteiger partial charge in [-0.2, -0.15) is 0 Å². The second-order valence-electron chi connectivity index (χ2n) is 5.83. The molecule has 2 atom stereocenters. The lowest BCUT2D eigenvalue weighted by molar-refractivity contribution is -0.873. The Morgan fingerprint density at radius 2 is 2.19 bits per heavy atom. The van der Waals surface area contributed by atoms with Gasteiger partial charge < -0.3 is 9.59 Å². The molecule has 0 spiro atoms. The van der Waals surface area contributed by atoms with Crippen molar-refractivity contribution in [2.45, 2.75) is 6.10 Å². The van der Waals surface area contributed by atoms with Crippen LogP contribution in [-0.4, -0.2) is 74.6 Å². The van der Waals surface area contributed by atoms with Gasteiger partial charge in [-0.1, -0.05) is 12.2 Å². The van der Waals surface area contributed by atoms with Crippen molar-refractivity contribution in [1.82, 2.24) is 4.90 Å². The van der Waals surface area contributed by atoms with Crippen molar-refractivity contribution < 1.29 is 14.0 Å². The summed E-state index contributed by atoms with van der Waals surface area (Å²) in [6, 6.07) is 0. The summed E-state index contributed by atoms with van der Waals surface area (Å²) >= 11 is 0. The number of likely N-dealkylation sites (N-methyl/N-ethyl adjacent to an activating group) is 1. The molecule has 0 bridgehead atoms. The van der Waals surface area contributed by atoms with Crippen molar-refractivity contribution in [3.63, 3.8) is 0 Å². The number of alkyl halides is 1. The van der Waals surface area contributed by atoms with Crippen molar-refractivity contribution in [1.29, 1.82) is 0 Å². The first-order valence-corrected chi connectivity index (χ1v) is 5.76. The minimum atomic E-state index is -0.355. The van der Waals surface area contributed by atoms with Crippen LogP contribution in [0.4, 0.5) is 4.39 Å². The van der Waals surface area contributed by atoms with E-state index < -0.39 is 0 Å². The fraction of sp³-hybridized carbons (Fsp3) is 0.833. The summed E-state index contributed by atoms with van der Waals surface area (Å²) in [4.78, 5) is 2.09. The fourth-order valence-electron chi connectivity index (χ4n) is 2.21. The van der Waals surface area contributed by atoms with Gasteiger partial charge in [0, 0.05) is 25.6 Å². The smallest absolute Gasteiger partial charge is 0.115 e. The molecule has 0 aromatic carbocycles. The number of hydrogen-bond donors (Lipinski definition) is 1. The highest BCUT2D eigenvalue weighted by molar-refractivity contribution is 5.10. The maximum atomic E-state index is 12.6. The van der Waals surface area contributed by atoms with Crippen molar-refractivity contribution >= 4 is 0 Å². The molecule has 1 rings (SSSR count). The monoisotopic (exact) mass is 231 g/mol. The van der Waals surface area contributed by atoms with Crippen molar-refractivity contribution in [2.75, 3.05) is 54.0 Å². The van der Waals surface area contributed by atoms with Crippen LogP contribution in [-0.2, 0) is 0 Å². The molecule has 1 fully saturated rings. The SMILES string of the molecule is C=C1CN(CC(O)C[N+](C)(C)C)CC1CF. The van der Waals surface area contributed by atoms with Crippen LogP contribution in [0.3, 0.4) is 0 Å². The first-order valence-electron chi connectivity index (χ1n) is 5.76. The standard InChI is InChI=1S/C12H24FN2O/c1-10-6-14(7-11(10)5-13)8-12(16)9-15(2,3)4/h11-12,16H,1,5-9H2,2-4H3/q+1.